The fourth-order valence-electron chi connectivity index (χ4n) is 0.403. The highest BCUT2D eigenvalue weighted by Gasteiger charge is 1.84. The van der Waals surface area contributed by atoms with Gasteiger partial charge in [-0.1, -0.05) is 13.8 Å². The minimum Gasteiger partial charge on any atom is -0.412 e. The quantitative estimate of drug-likeness (QED) is 0.537. The Bertz CT molecular complexity index is 143. The lowest BCUT2D eigenvalue weighted by molar-refractivity contribution is 0.148. The van der Waals surface area contributed by atoms with Crippen LogP contribution in [0.2, 0.25) is 0 Å². The molecule has 0 saturated carbocycles. The first-order valence-corrected chi connectivity index (χ1v) is 3.00. The van der Waals surface area contributed by atoms with Crippen LogP contribution in [0.5, 0.6) is 0 Å². The zero-order chi connectivity index (χ0) is 7.28. The van der Waals surface area contributed by atoms with Crippen molar-refractivity contribution in [3.63, 3.8) is 0 Å². The molecule has 0 aliphatic carbocycles. The van der Waals surface area contributed by atoms with Gasteiger partial charge in [0.1, 0.15) is 0 Å². The van der Waals surface area contributed by atoms with Gasteiger partial charge >= 0.3 is 0 Å². The first-order valence-electron chi connectivity index (χ1n) is 3.00. The maximum Gasteiger partial charge on any atom is 0.0667 e. The molecule has 1 aromatic rings. The second kappa shape index (κ2) is 3.95. The summed E-state index contributed by atoms with van der Waals surface area (Å²) in [6, 6.07) is 1.72. The van der Waals surface area contributed by atoms with Crippen LogP contribution in [-0.4, -0.2) is 15.2 Å². The van der Waals surface area contributed by atoms with Crippen molar-refractivity contribution in [2.24, 2.45) is 0 Å². The van der Waals surface area contributed by atoms with Crippen LogP contribution >= 0.6 is 0 Å². The molecule has 1 aromatic heterocycles. The van der Waals surface area contributed by atoms with Crippen molar-refractivity contribution in [2.75, 3.05) is 0 Å². The minimum atomic E-state index is 0.787. The van der Waals surface area contributed by atoms with Gasteiger partial charge in [0.25, 0.3) is 0 Å². The summed E-state index contributed by atoms with van der Waals surface area (Å²) in [5.41, 5.74) is 0.822. The third kappa shape index (κ3) is 2.74. The van der Waals surface area contributed by atoms with Crippen molar-refractivity contribution in [1.29, 1.82) is 0 Å². The summed E-state index contributed by atoms with van der Waals surface area (Å²) < 4.78 is 0. The Balaban J connectivity index is 0.000000291. The summed E-state index contributed by atoms with van der Waals surface area (Å²) in [6.07, 6.45) is 1.48. The molecule has 1 rings (SSSR count). The molecule has 1 heterocycles. The number of nitrogens with zero attached hydrogens (tertiary/aromatic N) is 2. The highest BCUT2D eigenvalue weighted by Crippen LogP contribution is 1.86. The smallest absolute Gasteiger partial charge is 0.0667 e. The van der Waals surface area contributed by atoms with E-state index in [0.29, 0.717) is 0 Å². The Morgan fingerprint density at radius 2 is 2.11 bits per heavy atom. The molecule has 0 unspecified atom stereocenters. The Morgan fingerprint density at radius 3 is 2.22 bits per heavy atom. The average Bonchev–Trinajstić information content (AvgIpc) is 2.20. The third-order valence-corrected chi connectivity index (χ3v) is 0.709. The first-order chi connectivity index (χ1) is 4.29. The summed E-state index contributed by atoms with van der Waals surface area (Å²) in [5, 5.41) is 12.0. The molecule has 3 nitrogen and oxygen atoms in total. The highest BCUT2D eigenvalue weighted by molar-refractivity contribution is 4.92. The van der Waals surface area contributed by atoms with Gasteiger partial charge in [0.15, 0.2) is 0 Å². The Morgan fingerprint density at radius 1 is 1.56 bits per heavy atom. The Kier molecular flexibility index (Phi) is 3.51. The van der Waals surface area contributed by atoms with Gasteiger partial charge in [0.05, 0.1) is 11.9 Å². The van der Waals surface area contributed by atoms with E-state index >= 15 is 0 Å². The molecule has 0 spiro atoms. The second-order valence-electron chi connectivity index (χ2n) is 1.38. The van der Waals surface area contributed by atoms with Crippen LogP contribution in [0.15, 0.2) is 12.3 Å². The number of hydrogen-bond donors (Lipinski definition) is 1. The normalized spacial score (nSPS) is 7.89. The van der Waals surface area contributed by atoms with E-state index in [1.807, 2.05) is 20.8 Å². The summed E-state index contributed by atoms with van der Waals surface area (Å²) in [7, 11) is 0. The van der Waals surface area contributed by atoms with Crippen LogP contribution in [0.4, 0.5) is 0 Å². The molecule has 9 heavy (non-hydrogen) atoms. The van der Waals surface area contributed by atoms with Crippen LogP contribution in [0.25, 0.3) is 0 Å². The monoisotopic (exact) mass is 128 g/mol. The Labute approximate surface area is 54.9 Å². The van der Waals surface area contributed by atoms with E-state index in [4.69, 9.17) is 5.21 Å². The van der Waals surface area contributed by atoms with Gasteiger partial charge in [-0.25, -0.2) is 0 Å². The second-order valence-corrected chi connectivity index (χ2v) is 1.38. The van der Waals surface area contributed by atoms with E-state index in [-0.39, 0.29) is 0 Å². The fourth-order valence-corrected chi connectivity index (χ4v) is 0.403. The SMILES string of the molecule is CC.Cc1ccn(O)n1. The predicted molar refractivity (Wildman–Crippen MR) is 35.5 cm³/mol. The van der Waals surface area contributed by atoms with Gasteiger partial charge in [-0.05, 0) is 13.0 Å². The molecule has 0 aliphatic rings. The van der Waals surface area contributed by atoms with Crippen LogP contribution in [-0.2, 0) is 0 Å². The van der Waals surface area contributed by atoms with E-state index in [0.717, 1.165) is 10.5 Å². The van der Waals surface area contributed by atoms with E-state index in [9.17, 15) is 0 Å². The van der Waals surface area contributed by atoms with Crippen molar-refractivity contribution in [2.45, 2.75) is 20.8 Å². The molecule has 0 saturated heterocycles. The molecule has 0 aliphatic heterocycles. The fraction of sp³-hybridized carbons (Fsp3) is 0.500. The number of aryl methyl sites for hydroxylation is 1. The summed E-state index contributed by atoms with van der Waals surface area (Å²) in [6.45, 7) is 5.81. The first kappa shape index (κ1) is 8.01. The lowest BCUT2D eigenvalue weighted by Gasteiger charge is -1.79. The molecule has 0 atom stereocenters. The summed E-state index contributed by atoms with van der Waals surface area (Å²) in [5.74, 6) is 0. The lowest BCUT2D eigenvalue weighted by atomic mass is 10.5. The van der Waals surface area contributed by atoms with Crippen LogP contribution < -0.4 is 0 Å². The minimum absolute atomic E-state index is 0.787. The van der Waals surface area contributed by atoms with Gasteiger partial charge in [-0.2, -0.15) is 0 Å². The zero-order valence-corrected chi connectivity index (χ0v) is 6.00. The van der Waals surface area contributed by atoms with E-state index in [2.05, 4.69) is 5.10 Å². The van der Waals surface area contributed by atoms with Crippen LogP contribution in [0.3, 0.4) is 0 Å². The molecular formula is C6H12N2O. The largest absolute Gasteiger partial charge is 0.412 e. The van der Waals surface area contributed by atoms with Gasteiger partial charge < -0.3 is 5.21 Å². The molecule has 52 valence electrons. The topological polar surface area (TPSA) is 38.0 Å². The molecule has 3 heteroatoms. The highest BCUT2D eigenvalue weighted by atomic mass is 16.5. The van der Waals surface area contributed by atoms with Gasteiger partial charge in [-0.3, -0.25) is 0 Å². The van der Waals surface area contributed by atoms with Gasteiger partial charge in [0, 0.05) is 0 Å². The summed E-state index contributed by atoms with van der Waals surface area (Å²) >= 11 is 0. The number of aromatic nitrogens is 2. The van der Waals surface area contributed by atoms with Gasteiger partial charge in [-0.15, -0.1) is 9.94 Å². The molecule has 0 amide bonds. The standard InChI is InChI=1S/C4H6N2O.C2H6/c1-4-2-3-6(7)5-4;1-2/h2-3,7H,1H3;1-2H3. The maximum atomic E-state index is 8.46. The Hall–Kier alpha value is -0.990. The van der Waals surface area contributed by atoms with E-state index in [1.165, 1.54) is 6.20 Å². The predicted octanol–water partition coefficient (Wildman–Crippen LogP) is 1.46. The van der Waals surface area contributed by atoms with Crippen LogP contribution in [0.1, 0.15) is 19.5 Å². The van der Waals surface area contributed by atoms with Crippen molar-refractivity contribution >= 4 is 0 Å². The molecule has 0 bridgehead atoms. The molecule has 1 N–H and O–H groups in total. The molecular weight excluding hydrogens is 116 g/mol. The van der Waals surface area contributed by atoms with Crippen LogP contribution in [0, 0.1) is 6.92 Å². The number of rotatable bonds is 0. The average molecular weight is 128 g/mol. The number of hydrogen-bond acceptors (Lipinski definition) is 2. The van der Waals surface area contributed by atoms with Gasteiger partial charge in [0.2, 0.25) is 0 Å². The van der Waals surface area contributed by atoms with E-state index in [1.54, 1.807) is 6.07 Å². The van der Waals surface area contributed by atoms with Crippen molar-refractivity contribution in [3.8, 4) is 0 Å². The zero-order valence-electron chi connectivity index (χ0n) is 6.00. The molecule has 0 radical (unpaired) electrons. The van der Waals surface area contributed by atoms with Crippen molar-refractivity contribution in [1.82, 2.24) is 9.94 Å². The molecule has 0 aromatic carbocycles. The van der Waals surface area contributed by atoms with E-state index < -0.39 is 0 Å². The maximum absolute atomic E-state index is 8.46. The van der Waals surface area contributed by atoms with Crippen molar-refractivity contribution < 1.29 is 5.21 Å². The third-order valence-electron chi connectivity index (χ3n) is 0.709. The summed E-state index contributed by atoms with van der Waals surface area (Å²) in [4.78, 5) is 0.787. The van der Waals surface area contributed by atoms with Crippen molar-refractivity contribution in [3.05, 3.63) is 18.0 Å². The molecule has 0 fully saturated rings. The lowest BCUT2D eigenvalue weighted by Crippen LogP contribution is -1.88.